The van der Waals surface area contributed by atoms with Gasteiger partial charge in [-0.15, -0.1) is 0 Å². The summed E-state index contributed by atoms with van der Waals surface area (Å²) in [5, 5.41) is 3.05. The van der Waals surface area contributed by atoms with E-state index < -0.39 is 11.7 Å². The number of nitrogens with one attached hydrogen (secondary N) is 1. The van der Waals surface area contributed by atoms with Gasteiger partial charge in [-0.3, -0.25) is 9.59 Å². The predicted octanol–water partition coefficient (Wildman–Crippen LogP) is 4.38. The van der Waals surface area contributed by atoms with E-state index in [1.165, 1.54) is 12.1 Å². The van der Waals surface area contributed by atoms with Gasteiger partial charge in [0.05, 0.1) is 22.5 Å². The van der Waals surface area contributed by atoms with Crippen molar-refractivity contribution >= 4 is 22.6 Å². The van der Waals surface area contributed by atoms with Crippen LogP contribution in [-0.2, 0) is 0 Å². The van der Waals surface area contributed by atoms with E-state index >= 15 is 0 Å². The van der Waals surface area contributed by atoms with E-state index in [9.17, 15) is 14.0 Å². The summed E-state index contributed by atoms with van der Waals surface area (Å²) in [4.78, 5) is 33.2. The number of para-hydroxylation sites is 2. The van der Waals surface area contributed by atoms with Crippen LogP contribution in [0.25, 0.3) is 11.0 Å². The third kappa shape index (κ3) is 3.75. The maximum absolute atomic E-state index is 13.8. The molecule has 0 atom stereocenters. The molecule has 0 unspecified atom stereocenters. The number of benzene rings is 2. The fourth-order valence-electron chi connectivity index (χ4n) is 2.93. The van der Waals surface area contributed by atoms with Crippen LogP contribution in [0, 0.1) is 19.7 Å². The molecule has 2 aromatic heterocycles. The van der Waals surface area contributed by atoms with E-state index in [1.807, 2.05) is 0 Å². The molecule has 150 valence electrons. The zero-order valence-electron chi connectivity index (χ0n) is 16.1. The van der Waals surface area contributed by atoms with Crippen molar-refractivity contribution < 1.29 is 18.3 Å². The first-order valence-corrected chi connectivity index (χ1v) is 9.04. The second-order valence-electron chi connectivity index (χ2n) is 6.51. The molecule has 4 aromatic rings. The van der Waals surface area contributed by atoms with Gasteiger partial charge in [0.15, 0.2) is 22.8 Å². The normalized spacial score (nSPS) is 10.8. The molecule has 0 bridgehead atoms. The van der Waals surface area contributed by atoms with E-state index in [-0.39, 0.29) is 22.9 Å². The van der Waals surface area contributed by atoms with Crippen LogP contribution in [0.1, 0.15) is 21.9 Å². The van der Waals surface area contributed by atoms with Gasteiger partial charge in [0.1, 0.15) is 5.58 Å². The molecule has 1 N–H and O–H groups in total. The smallest absolute Gasteiger partial charge is 0.322 e. The van der Waals surface area contributed by atoms with Crippen LogP contribution in [0.3, 0.4) is 0 Å². The summed E-state index contributed by atoms with van der Waals surface area (Å²) in [5.74, 6) is -1.30. The number of aromatic nitrogens is 2. The summed E-state index contributed by atoms with van der Waals surface area (Å²) < 4.78 is 24.7. The molecule has 7 nitrogen and oxygen atoms in total. The highest BCUT2D eigenvalue weighted by atomic mass is 19.1. The number of amides is 1. The molecule has 0 spiro atoms. The van der Waals surface area contributed by atoms with Crippen molar-refractivity contribution in [2.75, 3.05) is 5.32 Å². The zero-order valence-corrected chi connectivity index (χ0v) is 16.1. The maximum atomic E-state index is 13.8. The third-order valence-electron chi connectivity index (χ3n) is 4.39. The molecule has 0 aliphatic rings. The highest BCUT2D eigenvalue weighted by Gasteiger charge is 2.17. The molecule has 0 radical (unpaired) electrons. The molecule has 0 aliphatic carbocycles. The molecule has 2 heterocycles. The number of fused-ring (bicyclic) bond motifs is 1. The van der Waals surface area contributed by atoms with Crippen molar-refractivity contribution in [3.63, 3.8) is 0 Å². The van der Waals surface area contributed by atoms with Gasteiger partial charge >= 0.3 is 6.01 Å². The lowest BCUT2D eigenvalue weighted by molar-refractivity contribution is 0.0997. The molecule has 0 fully saturated rings. The first kappa shape index (κ1) is 19.3. The number of ether oxygens (including phenoxy) is 1. The van der Waals surface area contributed by atoms with Crippen molar-refractivity contribution in [3.8, 4) is 11.8 Å². The molecule has 4 rings (SSSR count). The van der Waals surface area contributed by atoms with Gasteiger partial charge < -0.3 is 14.5 Å². The second kappa shape index (κ2) is 7.75. The van der Waals surface area contributed by atoms with Crippen LogP contribution in [0.2, 0.25) is 0 Å². The molecule has 2 aromatic carbocycles. The van der Waals surface area contributed by atoms with E-state index in [2.05, 4.69) is 15.3 Å². The fourth-order valence-corrected chi connectivity index (χ4v) is 2.93. The molecular formula is C22H16FN3O4. The van der Waals surface area contributed by atoms with E-state index in [0.717, 1.165) is 6.07 Å². The summed E-state index contributed by atoms with van der Waals surface area (Å²) in [6, 6.07) is 13.7. The minimum atomic E-state index is -0.615. The topological polar surface area (TPSA) is 94.3 Å². The van der Waals surface area contributed by atoms with Gasteiger partial charge in [-0.2, -0.15) is 9.97 Å². The van der Waals surface area contributed by atoms with E-state index in [1.54, 1.807) is 50.2 Å². The van der Waals surface area contributed by atoms with Crippen LogP contribution < -0.4 is 15.5 Å². The average Bonchev–Trinajstić information content (AvgIpc) is 2.72. The molecule has 0 saturated carbocycles. The summed E-state index contributed by atoms with van der Waals surface area (Å²) in [5.41, 5.74) is 1.15. The first-order chi connectivity index (χ1) is 14.4. The molecule has 30 heavy (non-hydrogen) atoms. The van der Waals surface area contributed by atoms with E-state index in [0.29, 0.717) is 28.0 Å². The number of anilines is 1. The number of carbonyl (C=O) groups excluding carboxylic acids is 1. The van der Waals surface area contributed by atoms with Gasteiger partial charge in [-0.25, -0.2) is 4.39 Å². The van der Waals surface area contributed by atoms with Crippen LogP contribution in [-0.4, -0.2) is 15.9 Å². The van der Waals surface area contributed by atoms with Crippen molar-refractivity contribution in [1.29, 1.82) is 0 Å². The molecule has 1 amide bonds. The lowest BCUT2D eigenvalue weighted by Crippen LogP contribution is -2.17. The lowest BCUT2D eigenvalue weighted by Gasteiger charge is -2.12. The van der Waals surface area contributed by atoms with Crippen molar-refractivity contribution in [3.05, 3.63) is 87.8 Å². The monoisotopic (exact) mass is 405 g/mol. The maximum Gasteiger partial charge on any atom is 0.322 e. The summed E-state index contributed by atoms with van der Waals surface area (Å²) in [6.07, 6.45) is 0. The number of hydrogen-bond acceptors (Lipinski definition) is 6. The summed E-state index contributed by atoms with van der Waals surface area (Å²) >= 11 is 0. The Morgan fingerprint density at radius 1 is 1.03 bits per heavy atom. The Morgan fingerprint density at radius 3 is 2.43 bits per heavy atom. The van der Waals surface area contributed by atoms with Crippen molar-refractivity contribution in [2.45, 2.75) is 13.8 Å². The van der Waals surface area contributed by atoms with Gasteiger partial charge in [0, 0.05) is 6.07 Å². The van der Waals surface area contributed by atoms with Gasteiger partial charge in [-0.05, 0) is 38.1 Å². The fraction of sp³-hybridized carbons (Fsp3) is 0.0909. The number of halogens is 1. The third-order valence-corrected chi connectivity index (χ3v) is 4.39. The van der Waals surface area contributed by atoms with Gasteiger partial charge in [0.2, 0.25) is 0 Å². The van der Waals surface area contributed by atoms with Crippen LogP contribution in [0.15, 0.2) is 63.8 Å². The minimum absolute atomic E-state index is 0.00831. The first-order valence-electron chi connectivity index (χ1n) is 9.04. The Labute approximate surface area is 170 Å². The van der Waals surface area contributed by atoms with Crippen molar-refractivity contribution in [2.24, 2.45) is 0 Å². The van der Waals surface area contributed by atoms with E-state index in [4.69, 9.17) is 9.15 Å². The predicted molar refractivity (Wildman–Crippen MR) is 108 cm³/mol. The zero-order chi connectivity index (χ0) is 21.3. The average molecular weight is 405 g/mol. The number of nitrogens with zero attached hydrogens (tertiary/aromatic N) is 2. The quantitative estimate of drug-likeness (QED) is 0.541. The molecule has 0 aliphatic heterocycles. The molecule has 8 heteroatoms. The number of hydrogen-bond donors (Lipinski definition) is 1. The molecular weight excluding hydrogens is 389 g/mol. The summed E-state index contributed by atoms with van der Waals surface area (Å²) in [6.45, 7) is 3.30. The Balaban J connectivity index is 1.61. The Morgan fingerprint density at radius 2 is 1.70 bits per heavy atom. The van der Waals surface area contributed by atoms with Gasteiger partial charge in [0.25, 0.3) is 5.91 Å². The largest absolute Gasteiger partial charge is 0.451 e. The number of carbonyl (C=O) groups is 1. The number of rotatable bonds is 4. The van der Waals surface area contributed by atoms with Crippen molar-refractivity contribution in [1.82, 2.24) is 9.97 Å². The standard InChI is InChI=1S/C22H16FN3O4/c1-12-20(13(2)25-22(24-12)30-18-10-6-4-8-15(18)23)26-21(28)19-11-16(27)14-7-3-5-9-17(14)29-19/h3-11H,1-2H3,(H,26,28). The summed E-state index contributed by atoms with van der Waals surface area (Å²) in [7, 11) is 0. The van der Waals surface area contributed by atoms with Crippen LogP contribution in [0.5, 0.6) is 11.8 Å². The second-order valence-corrected chi connectivity index (χ2v) is 6.51. The van der Waals surface area contributed by atoms with Gasteiger partial charge in [-0.1, -0.05) is 24.3 Å². The lowest BCUT2D eigenvalue weighted by atomic mass is 10.2. The number of aryl methyl sites for hydroxylation is 2. The Bertz CT molecular complexity index is 1310. The van der Waals surface area contributed by atoms with Crippen LogP contribution >= 0.6 is 0 Å². The SMILES string of the molecule is Cc1nc(Oc2ccccc2F)nc(C)c1NC(=O)c1cc(=O)c2ccccc2o1. The Hall–Kier alpha value is -4.07. The highest BCUT2D eigenvalue weighted by molar-refractivity contribution is 6.03. The minimum Gasteiger partial charge on any atom is -0.451 e. The van der Waals surface area contributed by atoms with Crippen LogP contribution in [0.4, 0.5) is 10.1 Å². The Kier molecular flexibility index (Phi) is 4.97. The highest BCUT2D eigenvalue weighted by Crippen LogP contribution is 2.25. The molecule has 0 saturated heterocycles.